The number of nitrogens with two attached hydrogens (primary N) is 1. The Morgan fingerprint density at radius 2 is 2.21 bits per heavy atom. The van der Waals surface area contributed by atoms with Crippen molar-refractivity contribution in [1.82, 2.24) is 9.78 Å². The largest absolute Gasteiger partial charge is 0.395 e. The molecule has 1 aromatic carbocycles. The van der Waals surface area contributed by atoms with Crippen molar-refractivity contribution < 1.29 is 9.50 Å². The van der Waals surface area contributed by atoms with E-state index in [1.54, 1.807) is 16.8 Å². The lowest BCUT2D eigenvalue weighted by molar-refractivity contribution is 0.194. The minimum atomic E-state index is -0.698. The van der Waals surface area contributed by atoms with Gasteiger partial charge < -0.3 is 10.8 Å². The number of aryl methyl sites for hydroxylation is 1. The summed E-state index contributed by atoms with van der Waals surface area (Å²) in [5.74, 6) is -0.329. The van der Waals surface area contributed by atoms with Crippen LogP contribution >= 0.6 is 0 Å². The number of rotatable bonds is 5. The Labute approximate surface area is 111 Å². The normalized spacial score (nSPS) is 14.3. The van der Waals surface area contributed by atoms with Crippen LogP contribution in [0, 0.1) is 5.82 Å². The zero-order valence-corrected chi connectivity index (χ0v) is 10.9. The van der Waals surface area contributed by atoms with Gasteiger partial charge in [-0.1, -0.05) is 12.1 Å². The summed E-state index contributed by atoms with van der Waals surface area (Å²) in [6, 6.07) is 8.09. The molecule has 0 aliphatic heterocycles. The summed E-state index contributed by atoms with van der Waals surface area (Å²) in [5, 5.41) is 14.0. The molecule has 1 aromatic heterocycles. The van der Waals surface area contributed by atoms with E-state index in [2.05, 4.69) is 5.10 Å². The van der Waals surface area contributed by atoms with Crippen LogP contribution in [0.15, 0.2) is 36.5 Å². The number of halogens is 1. The molecule has 1 unspecified atom stereocenters. The lowest BCUT2D eigenvalue weighted by Crippen LogP contribution is -2.41. The fourth-order valence-corrected chi connectivity index (χ4v) is 2.23. The minimum absolute atomic E-state index is 0.149. The minimum Gasteiger partial charge on any atom is -0.395 e. The maximum Gasteiger partial charge on any atom is 0.123 e. The third-order valence-corrected chi connectivity index (χ3v) is 3.42. The van der Waals surface area contributed by atoms with Gasteiger partial charge in [-0.3, -0.25) is 4.68 Å². The van der Waals surface area contributed by atoms with Gasteiger partial charge in [0.15, 0.2) is 0 Å². The maximum atomic E-state index is 13.4. The summed E-state index contributed by atoms with van der Waals surface area (Å²) < 4.78 is 15.1. The second-order valence-corrected chi connectivity index (χ2v) is 4.81. The summed E-state index contributed by atoms with van der Waals surface area (Å²) >= 11 is 0. The molecular weight excluding hydrogens is 245 g/mol. The van der Waals surface area contributed by atoms with E-state index in [0.717, 1.165) is 5.69 Å². The molecule has 2 rings (SSSR count). The first kappa shape index (κ1) is 13.7. The molecule has 0 radical (unpaired) electrons. The molecule has 4 nitrogen and oxygen atoms in total. The van der Waals surface area contributed by atoms with Gasteiger partial charge in [0.25, 0.3) is 0 Å². The zero-order chi connectivity index (χ0) is 13.9. The standard InChI is InChI=1S/C14H18FN3O/c1-18-6-5-13(17-18)8-14(9-16,10-19)11-3-2-4-12(15)7-11/h2-7,19H,8-10,16H2,1H3. The molecule has 3 N–H and O–H groups in total. The van der Waals surface area contributed by atoms with Gasteiger partial charge in [-0.15, -0.1) is 0 Å². The molecule has 102 valence electrons. The van der Waals surface area contributed by atoms with Crippen LogP contribution in [0.25, 0.3) is 0 Å². The van der Waals surface area contributed by atoms with Gasteiger partial charge >= 0.3 is 0 Å². The van der Waals surface area contributed by atoms with E-state index >= 15 is 0 Å². The highest BCUT2D eigenvalue weighted by Gasteiger charge is 2.31. The highest BCUT2D eigenvalue weighted by atomic mass is 19.1. The molecule has 1 heterocycles. The summed E-state index contributed by atoms with van der Waals surface area (Å²) in [4.78, 5) is 0. The van der Waals surface area contributed by atoms with E-state index in [9.17, 15) is 9.50 Å². The fraction of sp³-hybridized carbons (Fsp3) is 0.357. The van der Waals surface area contributed by atoms with Crippen LogP contribution in [0.4, 0.5) is 4.39 Å². The highest BCUT2D eigenvalue weighted by Crippen LogP contribution is 2.27. The third kappa shape index (κ3) is 2.83. The van der Waals surface area contributed by atoms with Crippen LogP contribution in [0.2, 0.25) is 0 Å². The Bertz CT molecular complexity index is 549. The van der Waals surface area contributed by atoms with Crippen LogP contribution in [-0.4, -0.2) is 28.0 Å². The molecule has 0 saturated heterocycles. The van der Waals surface area contributed by atoms with Crippen molar-refractivity contribution >= 4 is 0 Å². The van der Waals surface area contributed by atoms with Crippen molar-refractivity contribution in [3.05, 3.63) is 53.6 Å². The van der Waals surface area contributed by atoms with E-state index in [4.69, 9.17) is 5.73 Å². The lowest BCUT2D eigenvalue weighted by Gasteiger charge is -2.30. The first-order chi connectivity index (χ1) is 9.09. The lowest BCUT2D eigenvalue weighted by atomic mass is 9.77. The van der Waals surface area contributed by atoms with Gasteiger partial charge in [-0.05, 0) is 23.8 Å². The Morgan fingerprint density at radius 1 is 1.42 bits per heavy atom. The molecule has 0 aliphatic rings. The summed E-state index contributed by atoms with van der Waals surface area (Å²) in [7, 11) is 1.83. The van der Waals surface area contributed by atoms with Crippen LogP contribution < -0.4 is 5.73 Å². The van der Waals surface area contributed by atoms with Gasteiger partial charge in [0.05, 0.1) is 12.3 Å². The van der Waals surface area contributed by atoms with Gasteiger partial charge in [-0.25, -0.2) is 4.39 Å². The predicted molar refractivity (Wildman–Crippen MR) is 71.1 cm³/mol. The Morgan fingerprint density at radius 3 is 2.74 bits per heavy atom. The molecule has 19 heavy (non-hydrogen) atoms. The topological polar surface area (TPSA) is 64.1 Å². The monoisotopic (exact) mass is 263 g/mol. The summed E-state index contributed by atoms with van der Waals surface area (Å²) in [6.07, 6.45) is 2.31. The van der Waals surface area contributed by atoms with Crippen LogP contribution in [0.3, 0.4) is 0 Å². The second kappa shape index (κ2) is 5.50. The Balaban J connectivity index is 2.37. The smallest absolute Gasteiger partial charge is 0.123 e. The number of aliphatic hydroxyl groups excluding tert-OH is 1. The number of nitrogens with zero attached hydrogens (tertiary/aromatic N) is 2. The Kier molecular flexibility index (Phi) is 3.97. The average molecular weight is 263 g/mol. The molecule has 0 aliphatic carbocycles. The second-order valence-electron chi connectivity index (χ2n) is 4.81. The fourth-order valence-electron chi connectivity index (χ4n) is 2.23. The number of aromatic nitrogens is 2. The van der Waals surface area contributed by atoms with Crippen molar-refractivity contribution in [1.29, 1.82) is 0 Å². The summed E-state index contributed by atoms with van der Waals surface area (Å²) in [5.41, 5.74) is 6.66. The number of hydrogen-bond acceptors (Lipinski definition) is 3. The van der Waals surface area contributed by atoms with Gasteiger partial charge in [0.2, 0.25) is 0 Å². The van der Waals surface area contributed by atoms with Crippen molar-refractivity contribution in [2.75, 3.05) is 13.2 Å². The SMILES string of the molecule is Cn1ccc(CC(CN)(CO)c2cccc(F)c2)n1. The van der Waals surface area contributed by atoms with Gasteiger partial charge in [0, 0.05) is 31.6 Å². The summed E-state index contributed by atoms with van der Waals surface area (Å²) in [6.45, 7) is 0.0764. The van der Waals surface area contributed by atoms with E-state index < -0.39 is 5.41 Å². The molecule has 0 amide bonds. The van der Waals surface area contributed by atoms with Crippen molar-refractivity contribution in [2.24, 2.45) is 12.8 Å². The van der Waals surface area contributed by atoms with Gasteiger partial charge in [-0.2, -0.15) is 5.10 Å². The highest BCUT2D eigenvalue weighted by molar-refractivity contribution is 5.29. The van der Waals surface area contributed by atoms with Crippen molar-refractivity contribution in [3.63, 3.8) is 0 Å². The third-order valence-electron chi connectivity index (χ3n) is 3.42. The first-order valence-electron chi connectivity index (χ1n) is 6.15. The molecule has 0 spiro atoms. The van der Waals surface area contributed by atoms with Crippen LogP contribution in [0.1, 0.15) is 11.3 Å². The van der Waals surface area contributed by atoms with Crippen LogP contribution in [-0.2, 0) is 18.9 Å². The Hall–Kier alpha value is -1.72. The molecular formula is C14H18FN3O. The zero-order valence-electron chi connectivity index (χ0n) is 10.9. The van der Waals surface area contributed by atoms with E-state index in [0.29, 0.717) is 12.0 Å². The average Bonchev–Trinajstić information content (AvgIpc) is 2.81. The van der Waals surface area contributed by atoms with Crippen molar-refractivity contribution in [2.45, 2.75) is 11.8 Å². The molecule has 0 bridgehead atoms. The van der Waals surface area contributed by atoms with E-state index in [1.165, 1.54) is 12.1 Å². The molecule has 1 atom stereocenters. The predicted octanol–water partition coefficient (Wildman–Crippen LogP) is 0.991. The molecule has 0 fully saturated rings. The molecule has 5 heteroatoms. The quantitative estimate of drug-likeness (QED) is 0.845. The van der Waals surface area contributed by atoms with Crippen molar-refractivity contribution in [3.8, 4) is 0 Å². The molecule has 0 saturated carbocycles. The number of benzene rings is 1. The maximum absolute atomic E-state index is 13.4. The number of hydrogen-bond donors (Lipinski definition) is 2. The van der Waals surface area contributed by atoms with E-state index in [-0.39, 0.29) is 19.0 Å². The van der Waals surface area contributed by atoms with Crippen LogP contribution in [0.5, 0.6) is 0 Å². The molecule has 2 aromatic rings. The van der Waals surface area contributed by atoms with Gasteiger partial charge in [0.1, 0.15) is 5.82 Å². The van der Waals surface area contributed by atoms with E-state index in [1.807, 2.05) is 19.3 Å². The number of aliphatic hydroxyl groups is 1. The first-order valence-corrected chi connectivity index (χ1v) is 6.15.